The van der Waals surface area contributed by atoms with Crippen molar-refractivity contribution in [1.82, 2.24) is 10.3 Å². The summed E-state index contributed by atoms with van der Waals surface area (Å²) in [5, 5.41) is 6.05. The molecular weight excluding hydrogens is 264 g/mol. The first-order valence-corrected chi connectivity index (χ1v) is 6.87. The Morgan fingerprint density at radius 1 is 1.24 bits per heavy atom. The molecule has 1 heterocycles. The van der Waals surface area contributed by atoms with E-state index in [0.29, 0.717) is 24.3 Å². The van der Waals surface area contributed by atoms with Gasteiger partial charge in [0.25, 0.3) is 5.91 Å². The van der Waals surface area contributed by atoms with Gasteiger partial charge in [-0.05, 0) is 37.6 Å². The van der Waals surface area contributed by atoms with Crippen LogP contribution in [0.3, 0.4) is 0 Å². The lowest BCUT2D eigenvalue weighted by Crippen LogP contribution is -2.29. The van der Waals surface area contributed by atoms with E-state index in [2.05, 4.69) is 15.6 Å². The van der Waals surface area contributed by atoms with Crippen molar-refractivity contribution in [3.05, 3.63) is 53.2 Å². The number of aryl methyl sites for hydroxylation is 2. The van der Waals surface area contributed by atoms with Gasteiger partial charge >= 0.3 is 0 Å². The summed E-state index contributed by atoms with van der Waals surface area (Å²) < 4.78 is 0. The third-order valence-electron chi connectivity index (χ3n) is 3.08. The van der Waals surface area contributed by atoms with Crippen LogP contribution in [0.15, 0.2) is 36.5 Å². The van der Waals surface area contributed by atoms with Crippen LogP contribution in [0.5, 0.6) is 0 Å². The Hall–Kier alpha value is -2.56. The van der Waals surface area contributed by atoms with E-state index in [1.54, 1.807) is 12.3 Å². The predicted molar refractivity (Wildman–Crippen MR) is 85.4 cm³/mol. The molecular formula is C16H20N4O. The minimum absolute atomic E-state index is 0.0671. The van der Waals surface area contributed by atoms with Gasteiger partial charge in [-0.1, -0.05) is 17.7 Å². The maximum absolute atomic E-state index is 11.9. The SMILES string of the molecule is Cc1cccc(C(=O)NCCNc2ncc(N)cc2C)c1. The third kappa shape index (κ3) is 4.21. The number of hydrogen-bond donors (Lipinski definition) is 3. The molecule has 0 bridgehead atoms. The van der Waals surface area contributed by atoms with Crippen LogP contribution in [-0.2, 0) is 0 Å². The minimum Gasteiger partial charge on any atom is -0.397 e. The fourth-order valence-corrected chi connectivity index (χ4v) is 2.03. The number of hydrogen-bond acceptors (Lipinski definition) is 4. The van der Waals surface area contributed by atoms with Gasteiger partial charge in [-0.2, -0.15) is 0 Å². The van der Waals surface area contributed by atoms with Gasteiger partial charge < -0.3 is 16.4 Å². The van der Waals surface area contributed by atoms with Gasteiger partial charge in [0.05, 0.1) is 11.9 Å². The molecule has 1 amide bonds. The van der Waals surface area contributed by atoms with E-state index in [4.69, 9.17) is 5.73 Å². The van der Waals surface area contributed by atoms with Crippen molar-refractivity contribution in [2.75, 3.05) is 24.1 Å². The zero-order valence-electron chi connectivity index (χ0n) is 12.3. The highest BCUT2D eigenvalue weighted by Gasteiger charge is 2.04. The quantitative estimate of drug-likeness (QED) is 0.735. The molecule has 4 N–H and O–H groups in total. The van der Waals surface area contributed by atoms with Gasteiger partial charge in [0.1, 0.15) is 5.82 Å². The number of amides is 1. The number of pyridine rings is 1. The summed E-state index contributed by atoms with van der Waals surface area (Å²) in [6.45, 7) is 5.04. The van der Waals surface area contributed by atoms with Gasteiger partial charge in [0.2, 0.25) is 0 Å². The van der Waals surface area contributed by atoms with Crippen molar-refractivity contribution in [3.63, 3.8) is 0 Å². The monoisotopic (exact) mass is 284 g/mol. The fraction of sp³-hybridized carbons (Fsp3) is 0.250. The molecule has 0 aliphatic heterocycles. The standard InChI is InChI=1S/C16H20N4O/c1-11-4-3-5-13(8-11)16(21)19-7-6-18-15-12(2)9-14(17)10-20-15/h3-5,8-10H,6-7,17H2,1-2H3,(H,18,20)(H,19,21). The average molecular weight is 284 g/mol. The Labute approximate surface area is 124 Å². The number of carbonyl (C=O) groups excluding carboxylic acids is 1. The molecule has 0 aliphatic rings. The molecule has 2 rings (SSSR count). The Morgan fingerprint density at radius 3 is 2.76 bits per heavy atom. The van der Waals surface area contributed by atoms with E-state index in [1.807, 2.05) is 38.1 Å². The van der Waals surface area contributed by atoms with Crippen LogP contribution in [0.25, 0.3) is 0 Å². The number of nitrogens with one attached hydrogen (secondary N) is 2. The number of nitrogens with zero attached hydrogens (tertiary/aromatic N) is 1. The van der Waals surface area contributed by atoms with Crippen molar-refractivity contribution in [3.8, 4) is 0 Å². The number of anilines is 2. The highest BCUT2D eigenvalue weighted by atomic mass is 16.1. The highest BCUT2D eigenvalue weighted by Crippen LogP contribution is 2.13. The molecule has 110 valence electrons. The Morgan fingerprint density at radius 2 is 2.05 bits per heavy atom. The molecule has 5 nitrogen and oxygen atoms in total. The van der Waals surface area contributed by atoms with Crippen molar-refractivity contribution in [2.24, 2.45) is 0 Å². The maximum Gasteiger partial charge on any atom is 0.251 e. The largest absolute Gasteiger partial charge is 0.397 e. The van der Waals surface area contributed by atoms with E-state index in [-0.39, 0.29) is 5.91 Å². The fourth-order valence-electron chi connectivity index (χ4n) is 2.03. The van der Waals surface area contributed by atoms with E-state index in [1.165, 1.54) is 0 Å². The summed E-state index contributed by atoms with van der Waals surface area (Å²) in [4.78, 5) is 16.2. The summed E-state index contributed by atoms with van der Waals surface area (Å²) in [5.41, 5.74) is 9.03. The van der Waals surface area contributed by atoms with Crippen molar-refractivity contribution < 1.29 is 4.79 Å². The molecule has 0 fully saturated rings. The summed E-state index contributed by atoms with van der Waals surface area (Å²) in [7, 11) is 0. The topological polar surface area (TPSA) is 80.0 Å². The molecule has 0 atom stereocenters. The maximum atomic E-state index is 11.9. The molecule has 5 heteroatoms. The lowest BCUT2D eigenvalue weighted by atomic mass is 10.1. The van der Waals surface area contributed by atoms with Crippen LogP contribution >= 0.6 is 0 Å². The first kappa shape index (κ1) is 14.8. The van der Waals surface area contributed by atoms with E-state index < -0.39 is 0 Å². The van der Waals surface area contributed by atoms with Crippen LogP contribution in [-0.4, -0.2) is 24.0 Å². The number of rotatable bonds is 5. The van der Waals surface area contributed by atoms with Crippen molar-refractivity contribution in [1.29, 1.82) is 0 Å². The van der Waals surface area contributed by atoms with Crippen molar-refractivity contribution in [2.45, 2.75) is 13.8 Å². The molecule has 0 saturated heterocycles. The van der Waals surface area contributed by atoms with E-state index >= 15 is 0 Å². The second kappa shape index (κ2) is 6.74. The van der Waals surface area contributed by atoms with Crippen LogP contribution in [0.2, 0.25) is 0 Å². The van der Waals surface area contributed by atoms with Gasteiger partial charge in [0, 0.05) is 18.7 Å². The Bertz CT molecular complexity index is 640. The molecule has 2 aromatic rings. The molecule has 0 radical (unpaired) electrons. The summed E-state index contributed by atoms with van der Waals surface area (Å²) in [6, 6.07) is 9.38. The number of benzene rings is 1. The van der Waals surface area contributed by atoms with Gasteiger partial charge in [-0.25, -0.2) is 4.98 Å². The molecule has 0 aliphatic carbocycles. The molecule has 21 heavy (non-hydrogen) atoms. The van der Waals surface area contributed by atoms with Gasteiger partial charge in [0.15, 0.2) is 0 Å². The van der Waals surface area contributed by atoms with Gasteiger partial charge in [-0.3, -0.25) is 4.79 Å². The number of nitrogens with two attached hydrogens (primary N) is 1. The summed E-state index contributed by atoms with van der Waals surface area (Å²) in [5.74, 6) is 0.719. The molecule has 1 aromatic carbocycles. The Kier molecular flexibility index (Phi) is 4.77. The zero-order chi connectivity index (χ0) is 15.2. The predicted octanol–water partition coefficient (Wildman–Crippen LogP) is 2.12. The second-order valence-electron chi connectivity index (χ2n) is 4.99. The molecule has 0 unspecified atom stereocenters. The van der Waals surface area contributed by atoms with Crippen LogP contribution in [0.4, 0.5) is 11.5 Å². The molecule has 0 spiro atoms. The smallest absolute Gasteiger partial charge is 0.251 e. The second-order valence-corrected chi connectivity index (χ2v) is 4.99. The Balaban J connectivity index is 1.80. The lowest BCUT2D eigenvalue weighted by Gasteiger charge is -2.10. The van der Waals surface area contributed by atoms with Crippen LogP contribution < -0.4 is 16.4 Å². The lowest BCUT2D eigenvalue weighted by molar-refractivity contribution is 0.0955. The normalized spacial score (nSPS) is 10.2. The summed E-state index contributed by atoms with van der Waals surface area (Å²) in [6.07, 6.45) is 1.61. The third-order valence-corrected chi connectivity index (χ3v) is 3.08. The van der Waals surface area contributed by atoms with E-state index in [0.717, 1.165) is 16.9 Å². The molecule has 1 aromatic heterocycles. The van der Waals surface area contributed by atoms with E-state index in [9.17, 15) is 4.79 Å². The average Bonchev–Trinajstić information content (AvgIpc) is 2.45. The van der Waals surface area contributed by atoms with Crippen molar-refractivity contribution >= 4 is 17.4 Å². The number of aromatic nitrogens is 1. The highest BCUT2D eigenvalue weighted by molar-refractivity contribution is 5.94. The number of nitrogen functional groups attached to an aromatic ring is 1. The summed E-state index contributed by atoms with van der Waals surface area (Å²) >= 11 is 0. The van der Waals surface area contributed by atoms with Crippen LogP contribution in [0, 0.1) is 13.8 Å². The zero-order valence-corrected chi connectivity index (χ0v) is 12.3. The first-order valence-electron chi connectivity index (χ1n) is 6.87. The van der Waals surface area contributed by atoms with Gasteiger partial charge in [-0.15, -0.1) is 0 Å². The minimum atomic E-state index is -0.0671. The van der Waals surface area contributed by atoms with Crippen LogP contribution in [0.1, 0.15) is 21.5 Å². The number of carbonyl (C=O) groups is 1. The molecule has 0 saturated carbocycles. The first-order chi connectivity index (χ1) is 10.1.